The van der Waals surface area contributed by atoms with Crippen molar-refractivity contribution in [3.05, 3.63) is 0 Å². The molecule has 1 fully saturated rings. The van der Waals surface area contributed by atoms with Crippen LogP contribution in [0, 0.1) is 0 Å². The first-order valence-electron chi connectivity index (χ1n) is 5.57. The molecule has 0 radical (unpaired) electrons. The molecule has 1 heterocycles. The number of carbonyl (C=O) groups excluding carboxylic acids is 1. The SMILES string of the molecule is COC1OC1CCCNC(=O)OC(C)(C)C. The van der Waals surface area contributed by atoms with E-state index in [2.05, 4.69) is 5.32 Å². The standard InChI is InChI=1S/C11H21NO4/c1-11(2,3)16-10(13)12-7-5-6-8-9(14-4)15-8/h8-9H,5-7H2,1-4H3,(H,12,13). The van der Waals surface area contributed by atoms with E-state index < -0.39 is 5.60 Å². The average Bonchev–Trinajstić information content (AvgIpc) is 2.88. The summed E-state index contributed by atoms with van der Waals surface area (Å²) in [7, 11) is 1.63. The van der Waals surface area contributed by atoms with Crippen molar-refractivity contribution in [2.75, 3.05) is 13.7 Å². The minimum absolute atomic E-state index is 0.0403. The summed E-state index contributed by atoms with van der Waals surface area (Å²) in [4.78, 5) is 11.3. The Bertz CT molecular complexity index is 237. The lowest BCUT2D eigenvalue weighted by Crippen LogP contribution is -2.33. The van der Waals surface area contributed by atoms with Crippen molar-refractivity contribution in [3.63, 3.8) is 0 Å². The molecule has 0 spiro atoms. The van der Waals surface area contributed by atoms with Crippen molar-refractivity contribution in [1.82, 2.24) is 5.32 Å². The van der Waals surface area contributed by atoms with Gasteiger partial charge in [0.1, 0.15) is 11.7 Å². The van der Waals surface area contributed by atoms with Gasteiger partial charge in [-0.2, -0.15) is 0 Å². The monoisotopic (exact) mass is 231 g/mol. The highest BCUT2D eigenvalue weighted by molar-refractivity contribution is 5.67. The molecule has 0 aliphatic carbocycles. The van der Waals surface area contributed by atoms with Crippen molar-refractivity contribution in [3.8, 4) is 0 Å². The van der Waals surface area contributed by atoms with Gasteiger partial charge in [-0.15, -0.1) is 0 Å². The largest absolute Gasteiger partial charge is 0.444 e. The summed E-state index contributed by atoms with van der Waals surface area (Å²) in [6.45, 7) is 6.13. The number of epoxide rings is 1. The van der Waals surface area contributed by atoms with Gasteiger partial charge in [-0.1, -0.05) is 0 Å². The Kier molecular flexibility index (Phi) is 4.56. The molecule has 5 heteroatoms. The van der Waals surface area contributed by atoms with Gasteiger partial charge >= 0.3 is 6.09 Å². The van der Waals surface area contributed by atoms with Gasteiger partial charge in [0, 0.05) is 13.7 Å². The highest BCUT2D eigenvalue weighted by atomic mass is 16.8. The maximum Gasteiger partial charge on any atom is 0.407 e. The average molecular weight is 231 g/mol. The number of alkyl carbamates (subject to hydrolysis) is 1. The molecule has 0 aromatic rings. The second-order valence-corrected chi connectivity index (χ2v) is 4.85. The van der Waals surface area contributed by atoms with Gasteiger partial charge in [0.2, 0.25) is 0 Å². The normalized spacial score (nSPS) is 24.0. The molecule has 1 N–H and O–H groups in total. The summed E-state index contributed by atoms with van der Waals surface area (Å²) in [6.07, 6.45) is 1.55. The van der Waals surface area contributed by atoms with Crippen LogP contribution >= 0.6 is 0 Å². The molecule has 1 saturated heterocycles. The molecule has 0 aromatic carbocycles. The summed E-state index contributed by atoms with van der Waals surface area (Å²) < 4.78 is 15.3. The number of rotatable bonds is 5. The Morgan fingerprint density at radius 2 is 2.12 bits per heavy atom. The lowest BCUT2D eigenvalue weighted by atomic mass is 10.2. The number of hydrogen-bond acceptors (Lipinski definition) is 4. The maximum absolute atomic E-state index is 11.3. The van der Waals surface area contributed by atoms with E-state index >= 15 is 0 Å². The number of amides is 1. The van der Waals surface area contributed by atoms with E-state index in [1.165, 1.54) is 0 Å². The molecular weight excluding hydrogens is 210 g/mol. The van der Waals surface area contributed by atoms with Crippen molar-refractivity contribution in [1.29, 1.82) is 0 Å². The first-order valence-corrected chi connectivity index (χ1v) is 5.57. The van der Waals surface area contributed by atoms with E-state index in [9.17, 15) is 4.79 Å². The van der Waals surface area contributed by atoms with Crippen molar-refractivity contribution < 1.29 is 19.0 Å². The first kappa shape index (κ1) is 13.3. The summed E-state index contributed by atoms with van der Waals surface area (Å²) in [6, 6.07) is 0. The van der Waals surface area contributed by atoms with Gasteiger partial charge in [0.15, 0.2) is 6.29 Å². The highest BCUT2D eigenvalue weighted by Gasteiger charge is 2.38. The van der Waals surface area contributed by atoms with E-state index in [-0.39, 0.29) is 18.5 Å². The number of carbonyl (C=O) groups is 1. The fraction of sp³-hybridized carbons (Fsp3) is 0.909. The summed E-state index contributed by atoms with van der Waals surface area (Å²) in [5.74, 6) is 0. The predicted octanol–water partition coefficient (Wildman–Crippen LogP) is 1.66. The van der Waals surface area contributed by atoms with Crippen LogP contribution in [-0.4, -0.2) is 37.7 Å². The Hall–Kier alpha value is -0.810. The zero-order chi connectivity index (χ0) is 12.2. The molecule has 1 aliphatic heterocycles. The third kappa shape index (κ3) is 5.32. The molecule has 0 bridgehead atoms. The zero-order valence-corrected chi connectivity index (χ0v) is 10.4. The third-order valence-corrected chi connectivity index (χ3v) is 2.10. The van der Waals surface area contributed by atoms with Gasteiger partial charge in [-0.25, -0.2) is 4.79 Å². The summed E-state index contributed by atoms with van der Waals surface area (Å²) in [5.41, 5.74) is -0.440. The van der Waals surface area contributed by atoms with Gasteiger partial charge in [-0.3, -0.25) is 0 Å². The summed E-state index contributed by atoms with van der Waals surface area (Å²) in [5, 5.41) is 2.70. The quantitative estimate of drug-likeness (QED) is 0.577. The van der Waals surface area contributed by atoms with E-state index in [0.717, 1.165) is 12.8 Å². The molecule has 2 atom stereocenters. The number of hydrogen-bond donors (Lipinski definition) is 1. The fourth-order valence-electron chi connectivity index (χ4n) is 1.35. The Morgan fingerprint density at radius 3 is 2.62 bits per heavy atom. The lowest BCUT2D eigenvalue weighted by molar-refractivity contribution is 0.0526. The molecule has 1 aliphatic rings. The molecule has 5 nitrogen and oxygen atoms in total. The van der Waals surface area contributed by atoms with Crippen LogP contribution in [0.25, 0.3) is 0 Å². The smallest absolute Gasteiger partial charge is 0.407 e. The third-order valence-electron chi connectivity index (χ3n) is 2.10. The van der Waals surface area contributed by atoms with Crippen LogP contribution in [0.1, 0.15) is 33.6 Å². The zero-order valence-electron chi connectivity index (χ0n) is 10.4. The van der Waals surface area contributed by atoms with Gasteiger partial charge in [0.05, 0.1) is 0 Å². The number of ether oxygens (including phenoxy) is 3. The van der Waals surface area contributed by atoms with Crippen molar-refractivity contribution >= 4 is 6.09 Å². The molecule has 0 saturated carbocycles. The van der Waals surface area contributed by atoms with Gasteiger partial charge in [0.25, 0.3) is 0 Å². The van der Waals surface area contributed by atoms with Crippen molar-refractivity contribution in [2.45, 2.75) is 51.6 Å². The number of nitrogens with one attached hydrogen (secondary N) is 1. The number of methoxy groups -OCH3 is 1. The molecular formula is C11H21NO4. The van der Waals surface area contributed by atoms with Crippen LogP contribution in [0.5, 0.6) is 0 Å². The van der Waals surface area contributed by atoms with Crippen LogP contribution in [0.15, 0.2) is 0 Å². The van der Waals surface area contributed by atoms with Crippen LogP contribution in [0.4, 0.5) is 4.79 Å². The molecule has 94 valence electrons. The Morgan fingerprint density at radius 1 is 1.44 bits per heavy atom. The molecule has 1 rings (SSSR count). The van der Waals surface area contributed by atoms with Crippen molar-refractivity contribution in [2.24, 2.45) is 0 Å². The summed E-state index contributed by atoms with van der Waals surface area (Å²) >= 11 is 0. The van der Waals surface area contributed by atoms with Crippen LogP contribution in [-0.2, 0) is 14.2 Å². The lowest BCUT2D eigenvalue weighted by Gasteiger charge is -2.19. The maximum atomic E-state index is 11.3. The van der Waals surface area contributed by atoms with E-state index in [1.54, 1.807) is 7.11 Å². The van der Waals surface area contributed by atoms with E-state index in [4.69, 9.17) is 14.2 Å². The fourth-order valence-corrected chi connectivity index (χ4v) is 1.35. The Balaban J connectivity index is 1.97. The van der Waals surface area contributed by atoms with Crippen LogP contribution < -0.4 is 5.32 Å². The topological polar surface area (TPSA) is 60.1 Å². The van der Waals surface area contributed by atoms with E-state index in [0.29, 0.717) is 6.54 Å². The van der Waals surface area contributed by atoms with Gasteiger partial charge in [-0.05, 0) is 33.6 Å². The first-order chi connectivity index (χ1) is 7.42. The predicted molar refractivity (Wildman–Crippen MR) is 59.1 cm³/mol. The minimum atomic E-state index is -0.440. The molecule has 16 heavy (non-hydrogen) atoms. The van der Waals surface area contributed by atoms with Crippen LogP contribution in [0.3, 0.4) is 0 Å². The molecule has 2 unspecified atom stereocenters. The second kappa shape index (κ2) is 5.50. The molecule has 1 amide bonds. The molecule has 0 aromatic heterocycles. The van der Waals surface area contributed by atoms with Gasteiger partial charge < -0.3 is 19.5 Å². The van der Waals surface area contributed by atoms with Crippen LogP contribution in [0.2, 0.25) is 0 Å². The Labute approximate surface area is 96.4 Å². The minimum Gasteiger partial charge on any atom is -0.444 e. The van der Waals surface area contributed by atoms with E-state index in [1.807, 2.05) is 20.8 Å². The highest BCUT2D eigenvalue weighted by Crippen LogP contribution is 2.26. The second-order valence-electron chi connectivity index (χ2n) is 4.85.